The van der Waals surface area contributed by atoms with Crippen molar-refractivity contribution >= 4 is 0 Å². The maximum Gasteiger partial charge on any atom is 0.0942 e. The molecule has 1 saturated carbocycles. The van der Waals surface area contributed by atoms with Gasteiger partial charge in [0.15, 0.2) is 0 Å². The average Bonchev–Trinajstić information content (AvgIpc) is 3.20. The lowest BCUT2D eigenvalue weighted by molar-refractivity contribution is 0.320. The molecule has 130 valence electrons. The van der Waals surface area contributed by atoms with Gasteiger partial charge >= 0.3 is 0 Å². The third-order valence-corrected chi connectivity index (χ3v) is 5.11. The summed E-state index contributed by atoms with van der Waals surface area (Å²) in [6.07, 6.45) is 10.1. The Morgan fingerprint density at radius 2 is 1.92 bits per heavy atom. The second kappa shape index (κ2) is 6.82. The lowest BCUT2D eigenvalue weighted by Crippen LogP contribution is -2.18. The van der Waals surface area contributed by atoms with Gasteiger partial charge in [0.2, 0.25) is 0 Å². The molecule has 0 unspecified atom stereocenters. The molecule has 0 aliphatic heterocycles. The third kappa shape index (κ3) is 3.36. The summed E-state index contributed by atoms with van der Waals surface area (Å²) in [7, 11) is 0. The molecule has 1 aliphatic rings. The van der Waals surface area contributed by atoms with E-state index in [1.807, 2.05) is 19.2 Å². The lowest BCUT2D eigenvalue weighted by Gasteiger charge is -2.24. The van der Waals surface area contributed by atoms with Crippen LogP contribution in [0.3, 0.4) is 0 Å². The van der Waals surface area contributed by atoms with E-state index in [1.165, 1.54) is 43.5 Å². The normalized spacial score (nSPS) is 15.6. The Labute approximate surface area is 148 Å². The van der Waals surface area contributed by atoms with E-state index >= 15 is 0 Å². The highest BCUT2D eigenvalue weighted by molar-refractivity contribution is 5.57. The van der Waals surface area contributed by atoms with Crippen LogP contribution in [0.4, 0.5) is 0 Å². The first-order valence-electron chi connectivity index (χ1n) is 9.20. The van der Waals surface area contributed by atoms with Crippen molar-refractivity contribution in [1.29, 1.82) is 0 Å². The van der Waals surface area contributed by atoms with Crippen LogP contribution in [0.5, 0.6) is 0 Å². The van der Waals surface area contributed by atoms with Crippen molar-refractivity contribution in [1.82, 2.24) is 24.5 Å². The zero-order valence-corrected chi connectivity index (χ0v) is 15.0. The standard InChI is InChI=1S/C20H25N5/c1-15-11-16(2)24(22-15)14-19-12-20(17-7-6-10-21-13-17)23-25(19)18-8-4-3-5-9-18/h6-7,10-13,18H,3-5,8-9,14H2,1-2H3. The number of nitrogens with zero attached hydrogens (tertiary/aromatic N) is 5. The Kier molecular flexibility index (Phi) is 4.38. The second-order valence-corrected chi connectivity index (χ2v) is 7.08. The second-order valence-electron chi connectivity index (χ2n) is 7.08. The molecule has 5 nitrogen and oxygen atoms in total. The summed E-state index contributed by atoms with van der Waals surface area (Å²) < 4.78 is 4.34. The first-order chi connectivity index (χ1) is 12.2. The van der Waals surface area contributed by atoms with Crippen molar-refractivity contribution in [2.75, 3.05) is 0 Å². The van der Waals surface area contributed by atoms with Gasteiger partial charge in [0.05, 0.1) is 29.7 Å². The molecule has 0 radical (unpaired) electrons. The van der Waals surface area contributed by atoms with E-state index in [9.17, 15) is 0 Å². The first kappa shape index (κ1) is 16.1. The van der Waals surface area contributed by atoms with Gasteiger partial charge in [-0.3, -0.25) is 14.3 Å². The molecule has 0 aromatic carbocycles. The molecule has 1 fully saturated rings. The number of rotatable bonds is 4. The molecule has 4 rings (SSSR count). The number of hydrogen-bond acceptors (Lipinski definition) is 3. The zero-order valence-electron chi connectivity index (χ0n) is 15.0. The largest absolute Gasteiger partial charge is 0.264 e. The molecule has 0 spiro atoms. The van der Waals surface area contributed by atoms with E-state index < -0.39 is 0 Å². The van der Waals surface area contributed by atoms with E-state index in [0.29, 0.717) is 6.04 Å². The van der Waals surface area contributed by atoms with Crippen LogP contribution >= 0.6 is 0 Å². The maximum atomic E-state index is 4.97. The van der Waals surface area contributed by atoms with Crippen molar-refractivity contribution in [2.24, 2.45) is 0 Å². The van der Waals surface area contributed by atoms with Gasteiger partial charge < -0.3 is 0 Å². The predicted molar refractivity (Wildman–Crippen MR) is 98.4 cm³/mol. The maximum absolute atomic E-state index is 4.97. The number of aryl methyl sites for hydroxylation is 2. The number of pyridine rings is 1. The van der Waals surface area contributed by atoms with Crippen LogP contribution < -0.4 is 0 Å². The molecular formula is C20H25N5. The van der Waals surface area contributed by atoms with Crippen LogP contribution in [0.25, 0.3) is 11.3 Å². The minimum Gasteiger partial charge on any atom is -0.264 e. The van der Waals surface area contributed by atoms with Crippen LogP contribution in [-0.4, -0.2) is 24.5 Å². The Balaban J connectivity index is 1.72. The molecule has 25 heavy (non-hydrogen) atoms. The van der Waals surface area contributed by atoms with E-state index in [1.54, 1.807) is 6.20 Å². The molecule has 0 saturated heterocycles. The third-order valence-electron chi connectivity index (χ3n) is 5.11. The summed E-state index contributed by atoms with van der Waals surface area (Å²) >= 11 is 0. The van der Waals surface area contributed by atoms with Crippen molar-refractivity contribution in [3.8, 4) is 11.3 Å². The first-order valence-corrected chi connectivity index (χ1v) is 9.20. The quantitative estimate of drug-likeness (QED) is 0.714. The number of aromatic nitrogens is 5. The van der Waals surface area contributed by atoms with Crippen LogP contribution in [0.15, 0.2) is 36.7 Å². The van der Waals surface area contributed by atoms with Gasteiger partial charge in [-0.05, 0) is 51.0 Å². The van der Waals surface area contributed by atoms with Crippen LogP contribution in [-0.2, 0) is 6.54 Å². The Morgan fingerprint density at radius 1 is 1.08 bits per heavy atom. The van der Waals surface area contributed by atoms with Gasteiger partial charge in [-0.2, -0.15) is 10.2 Å². The minimum atomic E-state index is 0.506. The Hall–Kier alpha value is -2.43. The summed E-state index contributed by atoms with van der Waals surface area (Å²) in [4.78, 5) is 4.25. The molecule has 0 amide bonds. The van der Waals surface area contributed by atoms with E-state index in [0.717, 1.165) is 23.5 Å². The number of hydrogen-bond donors (Lipinski definition) is 0. The van der Waals surface area contributed by atoms with Crippen molar-refractivity contribution in [3.63, 3.8) is 0 Å². The molecular weight excluding hydrogens is 310 g/mol. The summed E-state index contributed by atoms with van der Waals surface area (Å²) in [5, 5.41) is 9.61. The van der Waals surface area contributed by atoms with Crippen LogP contribution in [0, 0.1) is 13.8 Å². The van der Waals surface area contributed by atoms with Crippen molar-refractivity contribution in [2.45, 2.75) is 58.5 Å². The highest BCUT2D eigenvalue weighted by atomic mass is 15.3. The fourth-order valence-corrected chi connectivity index (χ4v) is 3.84. The Morgan fingerprint density at radius 3 is 2.60 bits per heavy atom. The molecule has 3 aromatic heterocycles. The zero-order chi connectivity index (χ0) is 17.2. The molecule has 5 heteroatoms. The van der Waals surface area contributed by atoms with Gasteiger partial charge in [-0.1, -0.05) is 19.3 Å². The van der Waals surface area contributed by atoms with Crippen molar-refractivity contribution < 1.29 is 0 Å². The summed E-state index contributed by atoms with van der Waals surface area (Å²) in [6.45, 7) is 4.93. The SMILES string of the molecule is Cc1cc(C)n(Cc2cc(-c3cccnc3)nn2C2CCCCC2)n1. The van der Waals surface area contributed by atoms with Gasteiger partial charge in [0.1, 0.15) is 0 Å². The molecule has 0 bridgehead atoms. The fourth-order valence-electron chi connectivity index (χ4n) is 3.84. The smallest absolute Gasteiger partial charge is 0.0942 e. The van der Waals surface area contributed by atoms with Gasteiger partial charge in [0.25, 0.3) is 0 Å². The van der Waals surface area contributed by atoms with Gasteiger partial charge in [-0.15, -0.1) is 0 Å². The van der Waals surface area contributed by atoms with Gasteiger partial charge in [-0.25, -0.2) is 0 Å². The molecule has 3 aromatic rings. The summed E-state index contributed by atoms with van der Waals surface area (Å²) in [5.74, 6) is 0. The van der Waals surface area contributed by atoms with Crippen molar-refractivity contribution in [3.05, 3.63) is 53.7 Å². The van der Waals surface area contributed by atoms with E-state index in [2.05, 4.69) is 44.6 Å². The molecule has 0 atom stereocenters. The predicted octanol–water partition coefficient (Wildman–Crippen LogP) is 4.31. The van der Waals surface area contributed by atoms with E-state index in [4.69, 9.17) is 5.10 Å². The molecule has 3 heterocycles. The molecule has 1 aliphatic carbocycles. The lowest BCUT2D eigenvalue weighted by atomic mass is 9.95. The topological polar surface area (TPSA) is 48.5 Å². The van der Waals surface area contributed by atoms with Crippen LogP contribution in [0.2, 0.25) is 0 Å². The highest BCUT2D eigenvalue weighted by Gasteiger charge is 2.21. The van der Waals surface area contributed by atoms with Gasteiger partial charge in [0, 0.05) is 23.7 Å². The molecule has 0 N–H and O–H groups in total. The fraction of sp³-hybridized carbons (Fsp3) is 0.450. The van der Waals surface area contributed by atoms with E-state index in [-0.39, 0.29) is 0 Å². The van der Waals surface area contributed by atoms with Crippen LogP contribution in [0.1, 0.15) is 55.2 Å². The highest BCUT2D eigenvalue weighted by Crippen LogP contribution is 2.31. The summed E-state index contributed by atoms with van der Waals surface area (Å²) in [6, 6.07) is 8.89. The Bertz CT molecular complexity index is 840. The monoisotopic (exact) mass is 335 g/mol. The average molecular weight is 335 g/mol. The summed E-state index contributed by atoms with van der Waals surface area (Å²) in [5.41, 5.74) is 5.57. The minimum absolute atomic E-state index is 0.506.